The first-order valence-electron chi connectivity index (χ1n) is 9.78. The van der Waals surface area contributed by atoms with E-state index in [0.29, 0.717) is 29.0 Å². The van der Waals surface area contributed by atoms with Crippen LogP contribution in [-0.4, -0.2) is 28.5 Å². The lowest BCUT2D eigenvalue weighted by Gasteiger charge is -2.10. The summed E-state index contributed by atoms with van der Waals surface area (Å²) < 4.78 is 53.3. The molecule has 0 saturated carbocycles. The van der Waals surface area contributed by atoms with E-state index >= 15 is 0 Å². The Morgan fingerprint density at radius 1 is 0.719 bits per heavy atom. The predicted octanol–water partition coefficient (Wildman–Crippen LogP) is 3.89. The first-order chi connectivity index (χ1) is 15.2. The molecule has 0 bridgehead atoms. The number of carbonyl (C=O) groups is 1. The lowest BCUT2D eigenvalue weighted by atomic mass is 10.2. The van der Waals surface area contributed by atoms with Gasteiger partial charge in [0.15, 0.2) is 0 Å². The first-order valence-corrected chi connectivity index (χ1v) is 12.9. The smallest absolute Gasteiger partial charge is 0.261 e. The Labute approximate surface area is 187 Å². The van der Waals surface area contributed by atoms with Crippen LogP contribution in [0.1, 0.15) is 23.7 Å². The molecule has 3 N–H and O–H groups in total. The number of hydrogen-bond acceptors (Lipinski definition) is 5. The van der Waals surface area contributed by atoms with Gasteiger partial charge >= 0.3 is 0 Å². The van der Waals surface area contributed by atoms with Crippen LogP contribution in [0.4, 0.5) is 17.1 Å². The third-order valence-corrected chi connectivity index (χ3v) is 7.23. The SMILES string of the molecule is CCCS(=O)(=O)Nc1ccc(NC(=O)c2ccc(NS(=O)(=O)c3ccccc3)cc2)cc1. The van der Waals surface area contributed by atoms with Crippen LogP contribution in [0.25, 0.3) is 0 Å². The predicted molar refractivity (Wildman–Crippen MR) is 126 cm³/mol. The maximum absolute atomic E-state index is 12.5. The Bertz CT molecular complexity index is 1270. The number of nitrogens with one attached hydrogen (secondary N) is 3. The number of anilines is 3. The van der Waals surface area contributed by atoms with Gasteiger partial charge in [0.1, 0.15) is 0 Å². The summed E-state index contributed by atoms with van der Waals surface area (Å²) in [6, 6.07) is 20.3. The Morgan fingerprint density at radius 3 is 1.84 bits per heavy atom. The Kier molecular flexibility index (Phi) is 7.16. The molecule has 0 unspecified atom stereocenters. The lowest BCUT2D eigenvalue weighted by molar-refractivity contribution is 0.102. The van der Waals surface area contributed by atoms with Gasteiger partial charge in [-0.05, 0) is 67.1 Å². The van der Waals surface area contributed by atoms with Crippen LogP contribution in [0.15, 0.2) is 83.8 Å². The average Bonchev–Trinajstić information content (AvgIpc) is 2.76. The molecule has 10 heteroatoms. The molecule has 0 aliphatic carbocycles. The highest BCUT2D eigenvalue weighted by Gasteiger charge is 2.14. The minimum Gasteiger partial charge on any atom is -0.322 e. The van der Waals surface area contributed by atoms with Crippen molar-refractivity contribution >= 4 is 43.0 Å². The molecule has 0 radical (unpaired) electrons. The van der Waals surface area contributed by atoms with Crippen molar-refractivity contribution in [3.8, 4) is 0 Å². The van der Waals surface area contributed by atoms with Gasteiger partial charge in [-0.2, -0.15) is 0 Å². The number of sulfonamides is 2. The molecule has 0 saturated heterocycles. The van der Waals surface area contributed by atoms with Gasteiger partial charge in [0.05, 0.1) is 10.6 Å². The first kappa shape index (κ1) is 23.3. The maximum Gasteiger partial charge on any atom is 0.261 e. The largest absolute Gasteiger partial charge is 0.322 e. The van der Waals surface area contributed by atoms with Crippen LogP contribution in [0.5, 0.6) is 0 Å². The molecule has 1 amide bonds. The quantitative estimate of drug-likeness (QED) is 0.435. The molecule has 0 spiro atoms. The van der Waals surface area contributed by atoms with Crippen LogP contribution in [-0.2, 0) is 20.0 Å². The van der Waals surface area contributed by atoms with Crippen molar-refractivity contribution in [3.63, 3.8) is 0 Å². The topological polar surface area (TPSA) is 121 Å². The van der Waals surface area contributed by atoms with E-state index in [1.54, 1.807) is 49.4 Å². The average molecular weight is 474 g/mol. The zero-order chi connectivity index (χ0) is 23.2. The summed E-state index contributed by atoms with van der Waals surface area (Å²) in [4.78, 5) is 12.6. The molecular weight excluding hydrogens is 450 g/mol. The fourth-order valence-electron chi connectivity index (χ4n) is 2.83. The third kappa shape index (κ3) is 6.32. The molecule has 0 heterocycles. The summed E-state index contributed by atoms with van der Waals surface area (Å²) in [5.74, 6) is -0.356. The van der Waals surface area contributed by atoms with Gasteiger partial charge in [-0.1, -0.05) is 25.1 Å². The van der Waals surface area contributed by atoms with Crippen LogP contribution >= 0.6 is 0 Å². The Balaban J connectivity index is 1.62. The summed E-state index contributed by atoms with van der Waals surface area (Å²) in [7, 11) is -7.10. The van der Waals surface area contributed by atoms with Gasteiger partial charge in [0.2, 0.25) is 10.0 Å². The maximum atomic E-state index is 12.5. The molecule has 0 fully saturated rings. The second-order valence-corrected chi connectivity index (χ2v) is 10.5. The zero-order valence-corrected chi connectivity index (χ0v) is 18.9. The molecular formula is C22H23N3O5S2. The second kappa shape index (κ2) is 9.84. The highest BCUT2D eigenvalue weighted by molar-refractivity contribution is 7.93. The van der Waals surface area contributed by atoms with Crippen LogP contribution in [0.3, 0.4) is 0 Å². The zero-order valence-electron chi connectivity index (χ0n) is 17.3. The van der Waals surface area contributed by atoms with E-state index in [4.69, 9.17) is 0 Å². The van der Waals surface area contributed by atoms with Crippen LogP contribution in [0, 0.1) is 0 Å². The Morgan fingerprint density at radius 2 is 1.25 bits per heavy atom. The molecule has 8 nitrogen and oxygen atoms in total. The Hall–Kier alpha value is -3.37. The highest BCUT2D eigenvalue weighted by atomic mass is 32.2. The minimum atomic E-state index is -3.72. The van der Waals surface area contributed by atoms with Gasteiger partial charge < -0.3 is 5.32 Å². The lowest BCUT2D eigenvalue weighted by Crippen LogP contribution is -2.16. The van der Waals surface area contributed by atoms with E-state index in [1.165, 1.54) is 36.4 Å². The van der Waals surface area contributed by atoms with Crippen molar-refractivity contribution in [3.05, 3.63) is 84.4 Å². The van der Waals surface area contributed by atoms with Gasteiger partial charge in [-0.3, -0.25) is 14.2 Å². The fourth-order valence-corrected chi connectivity index (χ4v) is 5.04. The van der Waals surface area contributed by atoms with E-state index in [0.717, 1.165) is 0 Å². The fraction of sp³-hybridized carbons (Fsp3) is 0.136. The molecule has 0 atom stereocenters. The summed E-state index contributed by atoms with van der Waals surface area (Å²) in [5.41, 5.74) is 1.56. The van der Waals surface area contributed by atoms with Crippen molar-refractivity contribution < 1.29 is 21.6 Å². The van der Waals surface area contributed by atoms with Gasteiger partial charge in [-0.15, -0.1) is 0 Å². The number of benzene rings is 3. The molecule has 0 aliphatic heterocycles. The summed E-state index contributed by atoms with van der Waals surface area (Å²) in [5, 5.41) is 2.71. The van der Waals surface area contributed by atoms with E-state index < -0.39 is 20.0 Å². The highest BCUT2D eigenvalue weighted by Crippen LogP contribution is 2.19. The second-order valence-electron chi connectivity index (χ2n) is 6.95. The van der Waals surface area contributed by atoms with E-state index in [2.05, 4.69) is 14.8 Å². The normalized spacial score (nSPS) is 11.5. The minimum absolute atomic E-state index is 0.0307. The third-order valence-electron chi connectivity index (χ3n) is 4.34. The monoisotopic (exact) mass is 473 g/mol. The molecule has 32 heavy (non-hydrogen) atoms. The standard InChI is InChI=1S/C22H23N3O5S2/c1-2-16-31(27,28)24-19-14-12-18(13-15-19)23-22(26)17-8-10-20(11-9-17)25-32(29,30)21-6-4-3-5-7-21/h3-15,24-25H,2,16H2,1H3,(H,23,26). The van der Waals surface area contributed by atoms with Crippen molar-refractivity contribution in [2.45, 2.75) is 18.2 Å². The number of amides is 1. The molecule has 0 aliphatic rings. The van der Waals surface area contributed by atoms with Gasteiger partial charge in [0, 0.05) is 22.6 Å². The van der Waals surface area contributed by atoms with Crippen molar-refractivity contribution in [1.82, 2.24) is 0 Å². The van der Waals surface area contributed by atoms with Gasteiger partial charge in [0.25, 0.3) is 15.9 Å². The van der Waals surface area contributed by atoms with E-state index in [1.807, 2.05) is 0 Å². The van der Waals surface area contributed by atoms with Crippen LogP contribution in [0.2, 0.25) is 0 Å². The molecule has 3 aromatic carbocycles. The van der Waals surface area contributed by atoms with Crippen LogP contribution < -0.4 is 14.8 Å². The molecule has 168 valence electrons. The molecule has 0 aromatic heterocycles. The summed E-state index contributed by atoms with van der Waals surface area (Å²) in [6.07, 6.45) is 0.510. The van der Waals surface area contributed by atoms with Crippen molar-refractivity contribution in [2.75, 3.05) is 20.5 Å². The number of hydrogen-bond donors (Lipinski definition) is 3. The van der Waals surface area contributed by atoms with Crippen molar-refractivity contribution in [2.24, 2.45) is 0 Å². The summed E-state index contributed by atoms with van der Waals surface area (Å²) in [6.45, 7) is 1.78. The summed E-state index contributed by atoms with van der Waals surface area (Å²) >= 11 is 0. The number of rotatable bonds is 9. The van der Waals surface area contributed by atoms with E-state index in [9.17, 15) is 21.6 Å². The number of carbonyl (C=O) groups excluding carboxylic acids is 1. The van der Waals surface area contributed by atoms with E-state index in [-0.39, 0.29) is 16.6 Å². The molecule has 3 rings (SSSR count). The molecule has 3 aromatic rings. The van der Waals surface area contributed by atoms with Gasteiger partial charge in [-0.25, -0.2) is 16.8 Å². The van der Waals surface area contributed by atoms with Crippen molar-refractivity contribution in [1.29, 1.82) is 0 Å².